The van der Waals surface area contributed by atoms with E-state index in [1.165, 1.54) is 6.26 Å². The van der Waals surface area contributed by atoms with Crippen LogP contribution >= 0.6 is 0 Å². The van der Waals surface area contributed by atoms with Gasteiger partial charge in [-0.25, -0.2) is 4.79 Å². The lowest BCUT2D eigenvalue weighted by Crippen LogP contribution is -1.97. The number of carboxylic acids is 1. The maximum Gasteiger partial charge on any atom is 0.339 e. The van der Waals surface area contributed by atoms with Gasteiger partial charge < -0.3 is 14.3 Å². The minimum Gasteiger partial charge on any atom is -0.478 e. The van der Waals surface area contributed by atoms with Crippen LogP contribution in [0.4, 0.5) is 0 Å². The molecule has 0 aromatic carbocycles. The average molecular weight is 154 g/mol. The van der Waals surface area contributed by atoms with Crippen LogP contribution < -0.4 is 0 Å². The van der Waals surface area contributed by atoms with Crippen LogP contribution in [0.25, 0.3) is 0 Å². The number of ether oxygens (including phenoxy) is 1. The molecule has 0 aliphatic carbocycles. The van der Waals surface area contributed by atoms with Crippen molar-refractivity contribution in [2.45, 2.75) is 13.2 Å². The van der Waals surface area contributed by atoms with Gasteiger partial charge in [0.1, 0.15) is 24.2 Å². The zero-order valence-corrected chi connectivity index (χ0v) is 5.66. The molecule has 4 heteroatoms. The molecule has 0 bridgehead atoms. The van der Waals surface area contributed by atoms with Gasteiger partial charge in [0.2, 0.25) is 0 Å². The standard InChI is InChI=1S/C7H6O4/c8-7(9)5-2-11-6-3-10-1-4(5)6/h2H,1,3H2,(H,8,9). The van der Waals surface area contributed by atoms with Gasteiger partial charge >= 0.3 is 5.97 Å². The molecule has 58 valence electrons. The number of fused-ring (bicyclic) bond motifs is 1. The van der Waals surface area contributed by atoms with Crippen LogP contribution in [0, 0.1) is 0 Å². The van der Waals surface area contributed by atoms with E-state index in [4.69, 9.17) is 14.3 Å². The number of furan rings is 1. The van der Waals surface area contributed by atoms with E-state index in [9.17, 15) is 4.79 Å². The van der Waals surface area contributed by atoms with Gasteiger partial charge in [-0.2, -0.15) is 0 Å². The van der Waals surface area contributed by atoms with Gasteiger partial charge in [-0.05, 0) is 0 Å². The molecule has 0 fully saturated rings. The third-order valence-electron chi connectivity index (χ3n) is 1.69. The van der Waals surface area contributed by atoms with E-state index in [1.807, 2.05) is 0 Å². The average Bonchev–Trinajstić information content (AvgIpc) is 2.41. The van der Waals surface area contributed by atoms with Gasteiger partial charge in [-0.3, -0.25) is 0 Å². The Morgan fingerprint density at radius 1 is 1.55 bits per heavy atom. The molecule has 11 heavy (non-hydrogen) atoms. The smallest absolute Gasteiger partial charge is 0.339 e. The Balaban J connectivity index is 2.50. The van der Waals surface area contributed by atoms with E-state index >= 15 is 0 Å². The SMILES string of the molecule is O=C(O)c1coc2c1COC2. The summed E-state index contributed by atoms with van der Waals surface area (Å²) in [5.41, 5.74) is 0.898. The lowest BCUT2D eigenvalue weighted by Gasteiger charge is -1.89. The lowest BCUT2D eigenvalue weighted by atomic mass is 10.2. The fourth-order valence-corrected chi connectivity index (χ4v) is 1.13. The highest BCUT2D eigenvalue weighted by Gasteiger charge is 2.23. The fourth-order valence-electron chi connectivity index (χ4n) is 1.13. The molecule has 1 N–H and O–H groups in total. The number of aromatic carboxylic acids is 1. The molecule has 0 spiro atoms. The molecule has 0 saturated heterocycles. The molecular weight excluding hydrogens is 148 g/mol. The number of hydrogen-bond acceptors (Lipinski definition) is 3. The molecule has 0 atom stereocenters. The molecule has 2 heterocycles. The summed E-state index contributed by atoms with van der Waals surface area (Å²) in [5, 5.41) is 8.62. The van der Waals surface area contributed by atoms with Gasteiger partial charge in [0.25, 0.3) is 0 Å². The molecule has 1 aliphatic rings. The first-order valence-electron chi connectivity index (χ1n) is 3.19. The number of rotatable bonds is 1. The minimum absolute atomic E-state index is 0.220. The first-order valence-corrected chi connectivity index (χ1v) is 3.19. The lowest BCUT2D eigenvalue weighted by molar-refractivity contribution is 0.0688. The molecule has 0 unspecified atom stereocenters. The number of hydrogen-bond donors (Lipinski definition) is 1. The van der Waals surface area contributed by atoms with Crippen LogP contribution in [0.15, 0.2) is 10.7 Å². The molecule has 1 aromatic rings. The predicted molar refractivity (Wildman–Crippen MR) is 34.2 cm³/mol. The van der Waals surface area contributed by atoms with Crippen LogP contribution in [0.3, 0.4) is 0 Å². The molecule has 0 radical (unpaired) electrons. The van der Waals surface area contributed by atoms with Gasteiger partial charge in [0.15, 0.2) is 0 Å². The van der Waals surface area contributed by atoms with E-state index in [-0.39, 0.29) is 5.56 Å². The highest BCUT2D eigenvalue weighted by Crippen LogP contribution is 2.24. The highest BCUT2D eigenvalue weighted by atomic mass is 16.5. The van der Waals surface area contributed by atoms with Crippen molar-refractivity contribution in [3.63, 3.8) is 0 Å². The largest absolute Gasteiger partial charge is 0.478 e. The maximum atomic E-state index is 10.5. The number of carbonyl (C=O) groups is 1. The van der Waals surface area contributed by atoms with E-state index in [0.29, 0.717) is 24.5 Å². The Hall–Kier alpha value is -1.29. The summed E-state index contributed by atoms with van der Waals surface area (Å²) < 4.78 is 9.95. The summed E-state index contributed by atoms with van der Waals surface area (Å²) in [7, 11) is 0. The van der Waals surface area contributed by atoms with Gasteiger partial charge in [0, 0.05) is 5.56 Å². The fraction of sp³-hybridized carbons (Fsp3) is 0.286. The van der Waals surface area contributed by atoms with E-state index < -0.39 is 5.97 Å². The first kappa shape index (κ1) is 6.42. The first-order chi connectivity index (χ1) is 5.29. The van der Waals surface area contributed by atoms with Gasteiger partial charge in [-0.1, -0.05) is 0 Å². The summed E-state index contributed by atoms with van der Waals surface area (Å²) in [6, 6.07) is 0. The Kier molecular flexibility index (Phi) is 1.22. The van der Waals surface area contributed by atoms with Gasteiger partial charge in [-0.15, -0.1) is 0 Å². The Morgan fingerprint density at radius 2 is 2.36 bits per heavy atom. The summed E-state index contributed by atoms with van der Waals surface area (Å²) in [6.07, 6.45) is 1.26. The van der Waals surface area contributed by atoms with Crippen molar-refractivity contribution in [3.8, 4) is 0 Å². The van der Waals surface area contributed by atoms with Crippen LogP contribution in [0.2, 0.25) is 0 Å². The summed E-state index contributed by atoms with van der Waals surface area (Å²) >= 11 is 0. The topological polar surface area (TPSA) is 59.7 Å². The molecule has 1 aromatic heterocycles. The van der Waals surface area contributed by atoms with Crippen molar-refractivity contribution in [2.24, 2.45) is 0 Å². The second-order valence-corrected chi connectivity index (χ2v) is 2.35. The van der Waals surface area contributed by atoms with Gasteiger partial charge in [0.05, 0.1) is 6.61 Å². The van der Waals surface area contributed by atoms with Crippen molar-refractivity contribution in [1.29, 1.82) is 0 Å². The maximum absolute atomic E-state index is 10.5. The zero-order valence-electron chi connectivity index (χ0n) is 5.66. The quantitative estimate of drug-likeness (QED) is 0.655. The summed E-state index contributed by atoms with van der Waals surface area (Å²) in [5.74, 6) is -0.317. The molecule has 0 amide bonds. The summed E-state index contributed by atoms with van der Waals surface area (Å²) in [6.45, 7) is 0.746. The molecule has 0 saturated carbocycles. The third kappa shape index (κ3) is 0.832. The Labute approximate surface area is 62.4 Å². The van der Waals surface area contributed by atoms with Crippen molar-refractivity contribution in [3.05, 3.63) is 23.2 Å². The van der Waals surface area contributed by atoms with Crippen molar-refractivity contribution in [1.82, 2.24) is 0 Å². The van der Waals surface area contributed by atoms with Crippen molar-refractivity contribution >= 4 is 5.97 Å². The van der Waals surface area contributed by atoms with Crippen molar-refractivity contribution < 1.29 is 19.1 Å². The van der Waals surface area contributed by atoms with Crippen LogP contribution in [-0.2, 0) is 18.0 Å². The van der Waals surface area contributed by atoms with Crippen LogP contribution in [-0.4, -0.2) is 11.1 Å². The minimum atomic E-state index is -0.958. The second kappa shape index (κ2) is 2.10. The Bertz CT molecular complexity index is 299. The predicted octanol–water partition coefficient (Wildman–Crippen LogP) is 1.01. The van der Waals surface area contributed by atoms with E-state index in [1.54, 1.807) is 0 Å². The molecular formula is C7H6O4. The molecule has 1 aliphatic heterocycles. The highest BCUT2D eigenvalue weighted by molar-refractivity contribution is 5.89. The van der Waals surface area contributed by atoms with Crippen LogP contribution in [0.5, 0.6) is 0 Å². The second-order valence-electron chi connectivity index (χ2n) is 2.35. The molecule has 2 rings (SSSR count). The Morgan fingerprint density at radius 3 is 3.09 bits per heavy atom. The monoisotopic (exact) mass is 154 g/mol. The normalized spacial score (nSPS) is 14.9. The summed E-state index contributed by atoms with van der Waals surface area (Å²) in [4.78, 5) is 10.5. The molecule has 4 nitrogen and oxygen atoms in total. The number of carboxylic acid groups (broad SMARTS) is 1. The van der Waals surface area contributed by atoms with E-state index in [2.05, 4.69) is 0 Å². The third-order valence-corrected chi connectivity index (χ3v) is 1.69. The van der Waals surface area contributed by atoms with Crippen LogP contribution in [0.1, 0.15) is 21.7 Å². The van der Waals surface area contributed by atoms with E-state index in [0.717, 1.165) is 0 Å². The van der Waals surface area contributed by atoms with Crippen molar-refractivity contribution in [2.75, 3.05) is 0 Å². The zero-order chi connectivity index (χ0) is 7.84.